The Labute approximate surface area is 94.5 Å². The summed E-state index contributed by atoms with van der Waals surface area (Å²) in [5.74, 6) is -9.41. The van der Waals surface area contributed by atoms with E-state index in [1.165, 1.54) is 0 Å². The molecule has 1 saturated carbocycles. The molecule has 17 heavy (non-hydrogen) atoms. The van der Waals surface area contributed by atoms with Gasteiger partial charge in [0.2, 0.25) is 0 Å². The van der Waals surface area contributed by atoms with Gasteiger partial charge >= 0.3 is 23.9 Å². The third-order valence-corrected chi connectivity index (χ3v) is 3.08. The molecule has 0 saturated heterocycles. The second-order valence-corrected chi connectivity index (χ2v) is 3.99. The third kappa shape index (κ3) is 1.93. The van der Waals surface area contributed by atoms with E-state index in [0.29, 0.717) is 0 Å². The van der Waals surface area contributed by atoms with Crippen molar-refractivity contribution in [2.45, 2.75) is 12.8 Å². The standard InChI is InChI=1S/C9H10O8/c10-5(11)3-1-9(7(14)15,8(16)17)2-4(3)6(12)13/h3-4H,1-2H2,(H,10,11)(H,12,13)(H,14,15)(H,16,17). The summed E-state index contributed by atoms with van der Waals surface area (Å²) in [5.41, 5.74) is -2.33. The van der Waals surface area contributed by atoms with Crippen LogP contribution in [0.4, 0.5) is 0 Å². The number of hydrogen-bond donors (Lipinski definition) is 4. The van der Waals surface area contributed by atoms with Crippen LogP contribution in [-0.4, -0.2) is 44.3 Å². The van der Waals surface area contributed by atoms with E-state index in [0.717, 1.165) is 0 Å². The second-order valence-electron chi connectivity index (χ2n) is 3.99. The zero-order valence-corrected chi connectivity index (χ0v) is 8.49. The lowest BCUT2D eigenvalue weighted by molar-refractivity contribution is -0.164. The Morgan fingerprint density at radius 3 is 1.24 bits per heavy atom. The van der Waals surface area contributed by atoms with E-state index in [-0.39, 0.29) is 0 Å². The highest BCUT2D eigenvalue weighted by Crippen LogP contribution is 2.46. The fourth-order valence-corrected chi connectivity index (χ4v) is 2.08. The molecular weight excluding hydrogens is 236 g/mol. The summed E-state index contributed by atoms with van der Waals surface area (Å²) < 4.78 is 0. The highest BCUT2D eigenvalue weighted by atomic mass is 16.4. The Kier molecular flexibility index (Phi) is 3.08. The van der Waals surface area contributed by atoms with Crippen LogP contribution in [0.15, 0.2) is 0 Å². The van der Waals surface area contributed by atoms with Crippen LogP contribution in [0.25, 0.3) is 0 Å². The zero-order chi connectivity index (χ0) is 13.4. The van der Waals surface area contributed by atoms with E-state index in [1.54, 1.807) is 0 Å². The number of aliphatic carboxylic acids is 4. The first-order chi connectivity index (χ1) is 7.72. The van der Waals surface area contributed by atoms with Crippen molar-refractivity contribution >= 4 is 23.9 Å². The Balaban J connectivity index is 3.17. The van der Waals surface area contributed by atoms with Gasteiger partial charge in [0.1, 0.15) is 0 Å². The average Bonchev–Trinajstić information content (AvgIpc) is 2.58. The summed E-state index contributed by atoms with van der Waals surface area (Å²) >= 11 is 0. The van der Waals surface area contributed by atoms with Gasteiger partial charge in [-0.05, 0) is 12.8 Å². The van der Waals surface area contributed by atoms with Crippen molar-refractivity contribution < 1.29 is 39.6 Å². The van der Waals surface area contributed by atoms with Gasteiger partial charge in [-0.2, -0.15) is 0 Å². The zero-order valence-electron chi connectivity index (χ0n) is 8.49. The Bertz CT molecular complexity index is 360. The monoisotopic (exact) mass is 246 g/mol. The molecule has 0 bridgehead atoms. The van der Waals surface area contributed by atoms with Crippen LogP contribution in [0.1, 0.15) is 12.8 Å². The maximum Gasteiger partial charge on any atom is 0.321 e. The van der Waals surface area contributed by atoms with E-state index in [2.05, 4.69) is 0 Å². The first-order valence-electron chi connectivity index (χ1n) is 4.65. The van der Waals surface area contributed by atoms with Gasteiger partial charge in [-0.1, -0.05) is 0 Å². The third-order valence-electron chi connectivity index (χ3n) is 3.08. The molecule has 0 heterocycles. The molecule has 0 amide bonds. The maximum atomic E-state index is 10.9. The number of hydrogen-bond acceptors (Lipinski definition) is 4. The lowest BCUT2D eigenvalue weighted by Gasteiger charge is -2.17. The predicted molar refractivity (Wildman–Crippen MR) is 49.2 cm³/mol. The van der Waals surface area contributed by atoms with Crippen molar-refractivity contribution in [3.8, 4) is 0 Å². The molecule has 8 heteroatoms. The van der Waals surface area contributed by atoms with Gasteiger partial charge in [0, 0.05) is 0 Å². The van der Waals surface area contributed by atoms with Gasteiger partial charge in [-0.15, -0.1) is 0 Å². The molecule has 1 aliphatic carbocycles. The maximum absolute atomic E-state index is 10.9. The molecule has 94 valence electrons. The Hall–Kier alpha value is -2.12. The van der Waals surface area contributed by atoms with Gasteiger partial charge in [-0.3, -0.25) is 19.2 Å². The molecule has 0 radical (unpaired) electrons. The van der Waals surface area contributed by atoms with E-state index in [1.807, 2.05) is 0 Å². The van der Waals surface area contributed by atoms with Gasteiger partial charge in [0.15, 0.2) is 5.41 Å². The molecule has 2 unspecified atom stereocenters. The van der Waals surface area contributed by atoms with E-state index in [4.69, 9.17) is 20.4 Å². The number of rotatable bonds is 4. The highest BCUT2D eigenvalue weighted by Gasteiger charge is 2.60. The van der Waals surface area contributed by atoms with Gasteiger partial charge in [-0.25, -0.2) is 0 Å². The molecule has 0 aliphatic heterocycles. The lowest BCUT2D eigenvalue weighted by atomic mass is 9.85. The molecule has 0 spiro atoms. The summed E-state index contributed by atoms with van der Waals surface area (Å²) in [4.78, 5) is 43.5. The van der Waals surface area contributed by atoms with E-state index < -0.39 is 54.0 Å². The fourth-order valence-electron chi connectivity index (χ4n) is 2.08. The molecule has 0 aromatic heterocycles. The normalized spacial score (nSPS) is 26.4. The fraction of sp³-hybridized carbons (Fsp3) is 0.556. The van der Waals surface area contributed by atoms with Crippen LogP contribution in [0.2, 0.25) is 0 Å². The number of carboxylic acids is 4. The summed E-state index contributed by atoms with van der Waals surface area (Å²) in [6.45, 7) is 0. The Morgan fingerprint density at radius 1 is 0.765 bits per heavy atom. The summed E-state index contributed by atoms with van der Waals surface area (Å²) in [7, 11) is 0. The van der Waals surface area contributed by atoms with Crippen LogP contribution in [0.3, 0.4) is 0 Å². The SMILES string of the molecule is O=C(O)C1CC(C(=O)O)(C(=O)O)CC1C(=O)O. The van der Waals surface area contributed by atoms with E-state index >= 15 is 0 Å². The molecule has 0 aromatic rings. The highest BCUT2D eigenvalue weighted by molar-refractivity contribution is 6.00. The smallest absolute Gasteiger partial charge is 0.321 e. The molecule has 4 N–H and O–H groups in total. The lowest BCUT2D eigenvalue weighted by Crippen LogP contribution is -2.37. The average molecular weight is 246 g/mol. The van der Waals surface area contributed by atoms with Crippen molar-refractivity contribution in [1.29, 1.82) is 0 Å². The van der Waals surface area contributed by atoms with Gasteiger partial charge in [0.25, 0.3) is 0 Å². The van der Waals surface area contributed by atoms with Crippen LogP contribution in [-0.2, 0) is 19.2 Å². The minimum atomic E-state index is -2.33. The predicted octanol–water partition coefficient (Wildman–Crippen LogP) is -0.663. The minimum absolute atomic E-state index is 0.718. The number of carbonyl (C=O) groups is 4. The molecule has 1 rings (SSSR count). The number of carboxylic acid groups (broad SMARTS) is 4. The summed E-state index contributed by atoms with van der Waals surface area (Å²) in [6.07, 6.45) is -1.44. The molecule has 2 atom stereocenters. The first kappa shape index (κ1) is 12.9. The molecule has 1 aliphatic rings. The topological polar surface area (TPSA) is 149 Å². The first-order valence-corrected chi connectivity index (χ1v) is 4.65. The van der Waals surface area contributed by atoms with Crippen LogP contribution >= 0.6 is 0 Å². The second kappa shape index (κ2) is 4.04. The molecule has 8 nitrogen and oxygen atoms in total. The minimum Gasteiger partial charge on any atom is -0.481 e. The largest absolute Gasteiger partial charge is 0.481 e. The Morgan fingerprint density at radius 2 is 1.06 bits per heavy atom. The van der Waals surface area contributed by atoms with Crippen molar-refractivity contribution in [2.24, 2.45) is 17.3 Å². The molecule has 0 aromatic carbocycles. The molecular formula is C9H10O8. The van der Waals surface area contributed by atoms with Crippen molar-refractivity contribution in [2.75, 3.05) is 0 Å². The van der Waals surface area contributed by atoms with Crippen LogP contribution < -0.4 is 0 Å². The van der Waals surface area contributed by atoms with Crippen molar-refractivity contribution in [3.05, 3.63) is 0 Å². The quantitative estimate of drug-likeness (QED) is 0.477. The van der Waals surface area contributed by atoms with Gasteiger partial charge in [0.05, 0.1) is 11.8 Å². The van der Waals surface area contributed by atoms with E-state index in [9.17, 15) is 19.2 Å². The summed E-state index contributed by atoms with van der Waals surface area (Å²) in [5, 5.41) is 35.3. The molecule has 1 fully saturated rings. The van der Waals surface area contributed by atoms with Crippen molar-refractivity contribution in [1.82, 2.24) is 0 Å². The summed E-state index contributed by atoms with van der Waals surface area (Å²) in [6, 6.07) is 0. The van der Waals surface area contributed by atoms with Crippen LogP contribution in [0, 0.1) is 17.3 Å². The van der Waals surface area contributed by atoms with Crippen molar-refractivity contribution in [3.63, 3.8) is 0 Å². The van der Waals surface area contributed by atoms with Crippen LogP contribution in [0.5, 0.6) is 0 Å². The van der Waals surface area contributed by atoms with Gasteiger partial charge < -0.3 is 20.4 Å².